The smallest absolute Gasteiger partial charge is 0.128 e. The van der Waals surface area contributed by atoms with E-state index in [2.05, 4.69) is 44.9 Å². The van der Waals surface area contributed by atoms with Crippen molar-refractivity contribution in [2.45, 2.75) is 38.7 Å². The van der Waals surface area contributed by atoms with E-state index in [4.69, 9.17) is 4.74 Å². The molecule has 1 unspecified atom stereocenters. The molecule has 0 radical (unpaired) electrons. The van der Waals surface area contributed by atoms with Crippen LogP contribution in [0, 0.1) is 0 Å². The summed E-state index contributed by atoms with van der Waals surface area (Å²) in [5.74, 6) is 1.08. The van der Waals surface area contributed by atoms with Gasteiger partial charge in [-0.1, -0.05) is 6.92 Å². The van der Waals surface area contributed by atoms with Crippen LogP contribution in [0.25, 0.3) is 0 Å². The molecule has 2 heterocycles. The zero-order valence-corrected chi connectivity index (χ0v) is 12.5. The lowest BCUT2D eigenvalue weighted by atomic mass is 10.2. The van der Waals surface area contributed by atoms with Crippen molar-refractivity contribution in [1.29, 1.82) is 0 Å². The molecule has 3 nitrogen and oxygen atoms in total. The van der Waals surface area contributed by atoms with Crippen LogP contribution in [-0.2, 0) is 4.74 Å². The number of nitrogens with zero attached hydrogens (tertiary/aromatic N) is 2. The average Bonchev–Trinajstić information content (AvgIpc) is 2.63. The predicted molar refractivity (Wildman–Crippen MR) is 78.0 cm³/mol. The molecule has 1 aliphatic rings. The molecule has 0 aliphatic carbocycles. The second-order valence-corrected chi connectivity index (χ2v) is 5.66. The summed E-state index contributed by atoms with van der Waals surface area (Å²) >= 11 is 3.42. The van der Waals surface area contributed by atoms with E-state index in [1.54, 1.807) is 0 Å². The van der Waals surface area contributed by atoms with Crippen LogP contribution >= 0.6 is 15.9 Å². The van der Waals surface area contributed by atoms with E-state index in [1.807, 2.05) is 6.20 Å². The van der Waals surface area contributed by atoms with E-state index in [-0.39, 0.29) is 0 Å². The largest absolute Gasteiger partial charge is 0.378 e. The third-order valence-corrected chi connectivity index (χ3v) is 3.74. The third-order valence-electron chi connectivity index (χ3n) is 3.27. The Hall–Kier alpha value is -0.610. The van der Waals surface area contributed by atoms with E-state index in [0.717, 1.165) is 42.8 Å². The number of ether oxygens (including phenoxy) is 1. The predicted octanol–water partition coefficient (Wildman–Crippen LogP) is 3.63. The Morgan fingerprint density at radius 3 is 3.00 bits per heavy atom. The molecule has 0 N–H and O–H groups in total. The Bertz CT molecular complexity index is 355. The zero-order valence-electron chi connectivity index (χ0n) is 10.9. The zero-order chi connectivity index (χ0) is 12.8. The van der Waals surface area contributed by atoms with Gasteiger partial charge in [0.05, 0.1) is 6.10 Å². The normalized spacial score (nSPS) is 20.8. The maximum absolute atomic E-state index is 5.86. The number of anilines is 1. The second kappa shape index (κ2) is 7.10. The summed E-state index contributed by atoms with van der Waals surface area (Å²) in [6, 6.07) is 4.13. The molecular formula is C14H21BrN2O. The standard InChI is InChI=1S/C14H21BrN2O/c1-2-10-18-13-4-3-8-17(9-7-13)14-6-5-12(15)11-16-14/h5-6,11,13H,2-4,7-10H2,1H3. The Labute approximate surface area is 118 Å². The molecule has 100 valence electrons. The van der Waals surface area contributed by atoms with E-state index < -0.39 is 0 Å². The van der Waals surface area contributed by atoms with Gasteiger partial charge < -0.3 is 9.64 Å². The number of hydrogen-bond donors (Lipinski definition) is 0. The van der Waals surface area contributed by atoms with Crippen LogP contribution in [0.4, 0.5) is 5.82 Å². The lowest BCUT2D eigenvalue weighted by Crippen LogP contribution is -2.25. The molecule has 1 aromatic rings. The first-order valence-electron chi connectivity index (χ1n) is 6.77. The average molecular weight is 313 g/mol. The van der Waals surface area contributed by atoms with E-state index in [9.17, 15) is 0 Å². The Morgan fingerprint density at radius 1 is 1.39 bits per heavy atom. The molecule has 4 heteroatoms. The van der Waals surface area contributed by atoms with Crippen molar-refractivity contribution in [3.8, 4) is 0 Å². The number of rotatable bonds is 4. The van der Waals surface area contributed by atoms with Gasteiger partial charge in [0.15, 0.2) is 0 Å². The maximum atomic E-state index is 5.86. The fourth-order valence-electron chi connectivity index (χ4n) is 2.30. The van der Waals surface area contributed by atoms with E-state index in [0.29, 0.717) is 6.10 Å². The SMILES string of the molecule is CCCOC1CCCN(c2ccc(Br)cn2)CC1. The van der Waals surface area contributed by atoms with Crippen LogP contribution in [0.15, 0.2) is 22.8 Å². The van der Waals surface area contributed by atoms with Gasteiger partial charge in [0.2, 0.25) is 0 Å². The molecule has 1 aliphatic heterocycles. The van der Waals surface area contributed by atoms with Crippen molar-refractivity contribution in [2.24, 2.45) is 0 Å². The van der Waals surface area contributed by atoms with Crippen molar-refractivity contribution >= 4 is 21.7 Å². The Kier molecular flexibility index (Phi) is 5.45. The first-order valence-corrected chi connectivity index (χ1v) is 7.57. The van der Waals surface area contributed by atoms with Crippen molar-refractivity contribution in [3.63, 3.8) is 0 Å². The molecule has 18 heavy (non-hydrogen) atoms. The number of pyridine rings is 1. The first-order chi connectivity index (χ1) is 8.79. The summed E-state index contributed by atoms with van der Waals surface area (Å²) in [6.07, 6.45) is 6.88. The van der Waals surface area contributed by atoms with Crippen molar-refractivity contribution in [1.82, 2.24) is 4.98 Å². The topological polar surface area (TPSA) is 25.4 Å². The summed E-state index contributed by atoms with van der Waals surface area (Å²) in [5, 5.41) is 0. The summed E-state index contributed by atoms with van der Waals surface area (Å²) in [4.78, 5) is 6.83. The van der Waals surface area contributed by atoms with Crippen LogP contribution in [0.3, 0.4) is 0 Å². The van der Waals surface area contributed by atoms with E-state index >= 15 is 0 Å². The minimum absolute atomic E-state index is 0.436. The second-order valence-electron chi connectivity index (χ2n) is 4.75. The molecule has 0 aromatic carbocycles. The highest BCUT2D eigenvalue weighted by Crippen LogP contribution is 2.20. The Balaban J connectivity index is 1.90. The summed E-state index contributed by atoms with van der Waals surface area (Å²) < 4.78 is 6.89. The van der Waals surface area contributed by atoms with Crippen LogP contribution < -0.4 is 4.90 Å². The van der Waals surface area contributed by atoms with Gasteiger partial charge in [0.25, 0.3) is 0 Å². The molecule has 0 spiro atoms. The van der Waals surface area contributed by atoms with Crippen molar-refractivity contribution in [3.05, 3.63) is 22.8 Å². The third kappa shape index (κ3) is 3.95. The van der Waals surface area contributed by atoms with E-state index in [1.165, 1.54) is 12.8 Å². The summed E-state index contributed by atoms with van der Waals surface area (Å²) in [6.45, 7) is 5.18. The Morgan fingerprint density at radius 2 is 2.28 bits per heavy atom. The lowest BCUT2D eigenvalue weighted by molar-refractivity contribution is 0.0461. The molecule has 1 aromatic heterocycles. The molecule has 1 atom stereocenters. The summed E-state index contributed by atoms with van der Waals surface area (Å²) in [5.41, 5.74) is 0. The molecule has 0 amide bonds. The minimum atomic E-state index is 0.436. The van der Waals surface area contributed by atoms with Gasteiger partial charge in [-0.05, 0) is 53.7 Å². The van der Waals surface area contributed by atoms with Gasteiger partial charge in [-0.2, -0.15) is 0 Å². The number of aromatic nitrogens is 1. The molecule has 1 fully saturated rings. The maximum Gasteiger partial charge on any atom is 0.128 e. The highest BCUT2D eigenvalue weighted by molar-refractivity contribution is 9.10. The van der Waals surface area contributed by atoms with Crippen LogP contribution in [-0.4, -0.2) is 30.8 Å². The number of hydrogen-bond acceptors (Lipinski definition) is 3. The minimum Gasteiger partial charge on any atom is -0.378 e. The van der Waals surface area contributed by atoms with Crippen LogP contribution in [0.5, 0.6) is 0 Å². The van der Waals surface area contributed by atoms with Crippen molar-refractivity contribution in [2.75, 3.05) is 24.6 Å². The monoisotopic (exact) mass is 312 g/mol. The molecule has 2 rings (SSSR count). The summed E-state index contributed by atoms with van der Waals surface area (Å²) in [7, 11) is 0. The van der Waals surface area contributed by atoms with Gasteiger partial charge >= 0.3 is 0 Å². The first kappa shape index (κ1) is 13.8. The molecule has 0 bridgehead atoms. The molecule has 1 saturated heterocycles. The van der Waals surface area contributed by atoms with Crippen LogP contribution in [0.1, 0.15) is 32.6 Å². The fraction of sp³-hybridized carbons (Fsp3) is 0.643. The quantitative estimate of drug-likeness (QED) is 0.849. The van der Waals surface area contributed by atoms with Gasteiger partial charge in [0.1, 0.15) is 5.82 Å². The fourth-order valence-corrected chi connectivity index (χ4v) is 2.54. The van der Waals surface area contributed by atoms with Gasteiger partial charge in [-0.25, -0.2) is 4.98 Å². The lowest BCUT2D eigenvalue weighted by Gasteiger charge is -2.21. The highest BCUT2D eigenvalue weighted by atomic mass is 79.9. The van der Waals surface area contributed by atoms with Gasteiger partial charge in [-0.3, -0.25) is 0 Å². The molecular weight excluding hydrogens is 292 g/mol. The number of halogens is 1. The molecule has 0 saturated carbocycles. The van der Waals surface area contributed by atoms with Gasteiger partial charge in [-0.15, -0.1) is 0 Å². The van der Waals surface area contributed by atoms with Crippen molar-refractivity contribution < 1.29 is 4.74 Å². The van der Waals surface area contributed by atoms with Gasteiger partial charge in [0, 0.05) is 30.4 Å². The van der Waals surface area contributed by atoms with Crippen LogP contribution in [0.2, 0.25) is 0 Å². The highest BCUT2D eigenvalue weighted by Gasteiger charge is 2.17.